The molecular weight excluding hydrogens is 469 g/mol. The van der Waals surface area contributed by atoms with Gasteiger partial charge in [0.05, 0.1) is 30.6 Å². The number of carboxylic acid groups (broad SMARTS) is 2. The van der Waals surface area contributed by atoms with Gasteiger partial charge in [0.15, 0.2) is 0 Å². The van der Waals surface area contributed by atoms with E-state index >= 15 is 0 Å². The van der Waals surface area contributed by atoms with E-state index in [1.54, 1.807) is 12.1 Å². The van der Waals surface area contributed by atoms with Crippen LogP contribution in [-0.2, 0) is 20.1 Å². The number of thioether (sulfide) groups is 1. The maximum atomic E-state index is 13.0. The first-order chi connectivity index (χ1) is 16.1. The van der Waals surface area contributed by atoms with Crippen LogP contribution < -0.4 is 10.6 Å². The average molecular weight is 494 g/mol. The van der Waals surface area contributed by atoms with Crippen LogP contribution >= 0.6 is 11.8 Å². The van der Waals surface area contributed by atoms with Gasteiger partial charge < -0.3 is 26.0 Å². The Morgan fingerprint density at radius 2 is 1.71 bits per heavy atom. The first-order valence-electron chi connectivity index (χ1n) is 10.1. The number of aliphatic carboxylic acids is 2. The third-order valence-corrected chi connectivity index (χ3v) is 5.62. The molecule has 1 unspecified atom stereocenters. The summed E-state index contributed by atoms with van der Waals surface area (Å²) in [6, 6.07) is 7.48. The van der Waals surface area contributed by atoms with Crippen molar-refractivity contribution >= 4 is 41.3 Å². The van der Waals surface area contributed by atoms with E-state index in [2.05, 4.69) is 15.6 Å². The number of rotatable bonds is 13. The van der Waals surface area contributed by atoms with Gasteiger partial charge in [-0.15, -0.1) is 0 Å². The molecule has 0 bridgehead atoms. The zero-order chi connectivity index (χ0) is 25.1. The molecule has 10 nitrogen and oxygen atoms in total. The molecule has 5 N–H and O–H groups in total. The van der Waals surface area contributed by atoms with Crippen LogP contribution in [0.3, 0.4) is 0 Å². The van der Waals surface area contributed by atoms with Crippen molar-refractivity contribution in [2.45, 2.75) is 37.2 Å². The number of amides is 2. The third kappa shape index (κ3) is 9.55. The molecule has 2 amide bonds. The fourth-order valence-electron chi connectivity index (χ4n) is 2.75. The van der Waals surface area contributed by atoms with E-state index < -0.39 is 42.3 Å². The summed E-state index contributed by atoms with van der Waals surface area (Å²) in [7, 11) is 0. The SMILES string of the molecule is O=C(O)CCC(=O)Nc1ccc(C(=O)N[C@@H](CC(=O)O)C(O)CSCc2ccc(F)cc2)cn1. The maximum Gasteiger partial charge on any atom is 0.305 e. The summed E-state index contributed by atoms with van der Waals surface area (Å²) in [4.78, 5) is 49.8. The number of carboxylic acids is 2. The molecule has 1 aromatic carbocycles. The van der Waals surface area contributed by atoms with Gasteiger partial charge in [0.2, 0.25) is 5.91 Å². The molecule has 0 fully saturated rings. The van der Waals surface area contributed by atoms with Gasteiger partial charge in [-0.2, -0.15) is 11.8 Å². The van der Waals surface area contributed by atoms with E-state index in [-0.39, 0.29) is 35.8 Å². The van der Waals surface area contributed by atoms with Crippen LogP contribution in [0, 0.1) is 5.82 Å². The lowest BCUT2D eigenvalue weighted by atomic mass is 10.1. The molecule has 1 heterocycles. The molecule has 0 aliphatic rings. The Balaban J connectivity index is 1.91. The van der Waals surface area contributed by atoms with Crippen LogP contribution in [0.4, 0.5) is 10.2 Å². The van der Waals surface area contributed by atoms with Crippen molar-refractivity contribution in [3.05, 3.63) is 59.5 Å². The van der Waals surface area contributed by atoms with Gasteiger partial charge in [0, 0.05) is 24.1 Å². The highest BCUT2D eigenvalue weighted by atomic mass is 32.2. The van der Waals surface area contributed by atoms with E-state index in [4.69, 9.17) is 10.2 Å². The normalized spacial score (nSPS) is 12.4. The monoisotopic (exact) mass is 493 g/mol. The van der Waals surface area contributed by atoms with Crippen LogP contribution in [0.25, 0.3) is 0 Å². The number of benzene rings is 1. The minimum Gasteiger partial charge on any atom is -0.481 e. The van der Waals surface area contributed by atoms with Gasteiger partial charge in [-0.3, -0.25) is 19.2 Å². The highest BCUT2D eigenvalue weighted by Crippen LogP contribution is 2.16. The average Bonchev–Trinajstić information content (AvgIpc) is 2.78. The lowest BCUT2D eigenvalue weighted by Gasteiger charge is -2.22. The van der Waals surface area contributed by atoms with E-state index in [0.717, 1.165) is 11.8 Å². The van der Waals surface area contributed by atoms with Gasteiger partial charge in [-0.05, 0) is 29.8 Å². The summed E-state index contributed by atoms with van der Waals surface area (Å²) in [6.07, 6.45) is -1.06. The lowest BCUT2D eigenvalue weighted by Crippen LogP contribution is -2.45. The minimum absolute atomic E-state index is 0.0742. The van der Waals surface area contributed by atoms with Crippen molar-refractivity contribution in [3.8, 4) is 0 Å². The molecule has 0 saturated carbocycles. The predicted molar refractivity (Wildman–Crippen MR) is 122 cm³/mol. The second-order valence-electron chi connectivity index (χ2n) is 7.26. The van der Waals surface area contributed by atoms with Gasteiger partial charge in [0.25, 0.3) is 5.91 Å². The van der Waals surface area contributed by atoms with Gasteiger partial charge in [-0.25, -0.2) is 9.37 Å². The van der Waals surface area contributed by atoms with Crippen LogP contribution in [0.15, 0.2) is 42.6 Å². The van der Waals surface area contributed by atoms with Crippen molar-refractivity contribution < 1.29 is 38.9 Å². The van der Waals surface area contributed by atoms with Gasteiger partial charge >= 0.3 is 11.9 Å². The number of aliphatic hydroxyl groups excluding tert-OH is 1. The number of hydrogen-bond acceptors (Lipinski definition) is 7. The molecule has 34 heavy (non-hydrogen) atoms. The number of nitrogens with zero attached hydrogens (tertiary/aromatic N) is 1. The number of halogens is 1. The number of aliphatic hydroxyl groups is 1. The second-order valence-corrected chi connectivity index (χ2v) is 8.29. The van der Waals surface area contributed by atoms with Crippen LogP contribution in [-0.4, -0.2) is 62.0 Å². The molecule has 0 saturated heterocycles. The number of pyridine rings is 1. The van der Waals surface area contributed by atoms with Crippen LogP contribution in [0.1, 0.15) is 35.2 Å². The van der Waals surface area contributed by atoms with E-state index in [1.165, 1.54) is 36.0 Å². The molecule has 0 radical (unpaired) electrons. The Bertz CT molecular complexity index is 1000. The highest BCUT2D eigenvalue weighted by Gasteiger charge is 2.25. The zero-order valence-electron chi connectivity index (χ0n) is 17.9. The van der Waals surface area contributed by atoms with Crippen molar-refractivity contribution in [1.82, 2.24) is 10.3 Å². The molecule has 0 aliphatic carbocycles. The van der Waals surface area contributed by atoms with Crippen LogP contribution in [0.5, 0.6) is 0 Å². The standard InChI is InChI=1S/C22H24FN3O7S/c23-15-4-1-13(2-5-15)11-34-12-17(27)16(9-21(31)32)25-22(33)14-3-6-18(24-10-14)26-19(28)7-8-20(29)30/h1-6,10,16-17,27H,7-9,11-12H2,(H,25,33)(H,29,30)(H,31,32)(H,24,26,28)/t16-,17?/m0/s1. The molecular formula is C22H24FN3O7S. The Labute approximate surface area is 198 Å². The summed E-state index contributed by atoms with van der Waals surface area (Å²) < 4.78 is 13.0. The number of anilines is 1. The predicted octanol–water partition coefficient (Wildman–Crippen LogP) is 1.89. The van der Waals surface area contributed by atoms with Crippen molar-refractivity contribution in [2.75, 3.05) is 11.1 Å². The Hall–Kier alpha value is -3.51. The molecule has 0 spiro atoms. The van der Waals surface area contributed by atoms with Crippen molar-refractivity contribution in [2.24, 2.45) is 0 Å². The van der Waals surface area contributed by atoms with Gasteiger partial charge in [-0.1, -0.05) is 12.1 Å². The number of nitrogens with one attached hydrogen (secondary N) is 2. The summed E-state index contributed by atoms with van der Waals surface area (Å²) in [5, 5.41) is 33.1. The second kappa shape index (κ2) is 13.3. The fourth-order valence-corrected chi connectivity index (χ4v) is 3.77. The van der Waals surface area contributed by atoms with Crippen molar-refractivity contribution in [1.29, 1.82) is 0 Å². The molecule has 182 valence electrons. The zero-order valence-corrected chi connectivity index (χ0v) is 18.8. The Morgan fingerprint density at radius 3 is 2.29 bits per heavy atom. The summed E-state index contributed by atoms with van der Waals surface area (Å²) in [5.74, 6) is -3.16. The quantitative estimate of drug-likeness (QED) is 0.280. The highest BCUT2D eigenvalue weighted by molar-refractivity contribution is 7.98. The number of carbonyl (C=O) groups is 4. The van der Waals surface area contributed by atoms with Crippen LogP contribution in [0.2, 0.25) is 0 Å². The lowest BCUT2D eigenvalue weighted by molar-refractivity contribution is -0.139. The Morgan fingerprint density at radius 1 is 1.00 bits per heavy atom. The third-order valence-electron chi connectivity index (χ3n) is 4.51. The molecule has 0 aliphatic heterocycles. The molecule has 2 atom stereocenters. The molecule has 12 heteroatoms. The molecule has 1 aromatic heterocycles. The van der Waals surface area contributed by atoms with Crippen molar-refractivity contribution in [3.63, 3.8) is 0 Å². The Kier molecular flexibility index (Phi) is 10.4. The number of carbonyl (C=O) groups excluding carboxylic acids is 2. The van der Waals surface area contributed by atoms with Gasteiger partial charge in [0.1, 0.15) is 11.6 Å². The summed E-state index contributed by atoms with van der Waals surface area (Å²) in [6.45, 7) is 0. The molecule has 2 rings (SSSR count). The first kappa shape index (κ1) is 26.7. The van der Waals surface area contributed by atoms with E-state index in [9.17, 15) is 28.7 Å². The number of aromatic nitrogens is 1. The summed E-state index contributed by atoms with van der Waals surface area (Å²) >= 11 is 1.31. The summed E-state index contributed by atoms with van der Waals surface area (Å²) in [5.41, 5.74) is 0.906. The maximum absolute atomic E-state index is 13.0. The van der Waals surface area contributed by atoms with E-state index in [0.29, 0.717) is 5.75 Å². The topological polar surface area (TPSA) is 166 Å². The smallest absolute Gasteiger partial charge is 0.305 e. The van der Waals surface area contributed by atoms with E-state index in [1.807, 2.05) is 0 Å². The molecule has 2 aromatic rings. The largest absolute Gasteiger partial charge is 0.481 e. The number of hydrogen-bond donors (Lipinski definition) is 5. The first-order valence-corrected chi connectivity index (χ1v) is 11.3. The minimum atomic E-state index is -1.20. The fraction of sp³-hybridized carbons (Fsp3) is 0.318.